The first-order chi connectivity index (χ1) is 4.83. The molecule has 1 N–H and O–H groups in total. The van der Waals surface area contributed by atoms with Crippen LogP contribution in [0.5, 0.6) is 0 Å². The first-order valence-corrected chi connectivity index (χ1v) is 3.85. The van der Waals surface area contributed by atoms with Crippen LogP contribution >= 0.6 is 0 Å². The van der Waals surface area contributed by atoms with E-state index in [0.717, 1.165) is 19.5 Å². The average molecular weight is 140 g/mol. The van der Waals surface area contributed by atoms with Crippen LogP contribution in [0.15, 0.2) is 12.7 Å². The van der Waals surface area contributed by atoms with Crippen LogP contribution in [0, 0.1) is 0 Å². The van der Waals surface area contributed by atoms with Gasteiger partial charge in [-0.3, -0.25) is 0 Å². The van der Waals surface area contributed by atoms with Crippen LogP contribution in [0.1, 0.15) is 6.42 Å². The van der Waals surface area contributed by atoms with Gasteiger partial charge in [-0.2, -0.15) is 0 Å². The molecule has 0 radical (unpaired) electrons. The van der Waals surface area contributed by atoms with E-state index in [9.17, 15) is 0 Å². The number of hydrogen-bond donors (Lipinski definition) is 1. The predicted molar refractivity (Wildman–Crippen MR) is 44.1 cm³/mol. The predicted octanol–water partition coefficient (Wildman–Crippen LogP) is 0.466. The Labute approximate surface area is 62.9 Å². The summed E-state index contributed by atoms with van der Waals surface area (Å²) in [5, 5.41) is 3.44. The van der Waals surface area contributed by atoms with Crippen molar-refractivity contribution < 1.29 is 0 Å². The molecule has 0 aromatic carbocycles. The Morgan fingerprint density at radius 1 is 1.80 bits per heavy atom. The molecule has 1 aliphatic heterocycles. The van der Waals surface area contributed by atoms with E-state index in [2.05, 4.69) is 23.8 Å². The van der Waals surface area contributed by atoms with Gasteiger partial charge in [0.25, 0.3) is 0 Å². The highest BCUT2D eigenvalue weighted by Gasteiger charge is 2.13. The van der Waals surface area contributed by atoms with Gasteiger partial charge in [-0.15, -0.1) is 6.58 Å². The van der Waals surface area contributed by atoms with Crippen molar-refractivity contribution >= 4 is 0 Å². The molecule has 1 saturated heterocycles. The van der Waals surface area contributed by atoms with Crippen LogP contribution in [0.25, 0.3) is 0 Å². The molecule has 1 atom stereocenters. The van der Waals surface area contributed by atoms with Gasteiger partial charge in [-0.05, 0) is 13.5 Å². The molecular weight excluding hydrogens is 124 g/mol. The Bertz CT molecular complexity index is 112. The lowest BCUT2D eigenvalue weighted by atomic mass is 10.1. The van der Waals surface area contributed by atoms with Crippen LogP contribution in [0.3, 0.4) is 0 Å². The van der Waals surface area contributed by atoms with Gasteiger partial charge in [0, 0.05) is 25.7 Å². The normalized spacial score (nSPS) is 28.3. The lowest BCUT2D eigenvalue weighted by molar-refractivity contribution is 0.240. The first kappa shape index (κ1) is 7.76. The summed E-state index contributed by atoms with van der Waals surface area (Å²) in [5.41, 5.74) is 0. The Morgan fingerprint density at radius 2 is 2.60 bits per heavy atom. The van der Waals surface area contributed by atoms with E-state index < -0.39 is 0 Å². The third-order valence-electron chi connectivity index (χ3n) is 1.91. The molecule has 0 saturated carbocycles. The van der Waals surface area contributed by atoms with Gasteiger partial charge in [0.05, 0.1) is 0 Å². The van der Waals surface area contributed by atoms with E-state index in [4.69, 9.17) is 0 Å². The van der Waals surface area contributed by atoms with Gasteiger partial charge in [-0.1, -0.05) is 6.08 Å². The van der Waals surface area contributed by atoms with E-state index in [1.54, 1.807) is 0 Å². The van der Waals surface area contributed by atoms with E-state index in [0.29, 0.717) is 6.04 Å². The highest BCUT2D eigenvalue weighted by molar-refractivity contribution is 4.83. The van der Waals surface area contributed by atoms with Crippen molar-refractivity contribution in [3.8, 4) is 0 Å². The van der Waals surface area contributed by atoms with Gasteiger partial charge in [0.1, 0.15) is 0 Å². The van der Waals surface area contributed by atoms with Crippen LogP contribution in [-0.2, 0) is 0 Å². The molecule has 0 amide bonds. The maximum Gasteiger partial charge on any atom is 0.0229 e. The fourth-order valence-corrected chi connectivity index (χ4v) is 1.35. The van der Waals surface area contributed by atoms with Crippen LogP contribution in [-0.4, -0.2) is 37.6 Å². The molecule has 0 aromatic rings. The van der Waals surface area contributed by atoms with Crippen LogP contribution in [0.2, 0.25) is 0 Å². The zero-order valence-electron chi connectivity index (χ0n) is 6.64. The van der Waals surface area contributed by atoms with Crippen molar-refractivity contribution in [3.05, 3.63) is 12.7 Å². The number of nitrogens with one attached hydrogen (secondary N) is 1. The summed E-state index contributed by atoms with van der Waals surface area (Å²) < 4.78 is 0. The molecule has 2 nitrogen and oxygen atoms in total. The zero-order valence-corrected chi connectivity index (χ0v) is 6.64. The monoisotopic (exact) mass is 140 g/mol. The van der Waals surface area contributed by atoms with Gasteiger partial charge in [0.2, 0.25) is 0 Å². The van der Waals surface area contributed by atoms with E-state index >= 15 is 0 Å². The van der Waals surface area contributed by atoms with Gasteiger partial charge in [0.15, 0.2) is 0 Å². The Kier molecular flexibility index (Phi) is 2.90. The van der Waals surface area contributed by atoms with Crippen molar-refractivity contribution in [2.45, 2.75) is 12.5 Å². The highest BCUT2D eigenvalue weighted by Crippen LogP contribution is 1.99. The molecular formula is C8H16N2. The van der Waals surface area contributed by atoms with E-state index in [-0.39, 0.29) is 0 Å². The second kappa shape index (κ2) is 3.74. The fourth-order valence-electron chi connectivity index (χ4n) is 1.35. The Balaban J connectivity index is 2.24. The minimum Gasteiger partial charge on any atom is -0.311 e. The van der Waals surface area contributed by atoms with E-state index in [1.165, 1.54) is 6.54 Å². The molecule has 1 rings (SSSR count). The van der Waals surface area contributed by atoms with Crippen LogP contribution in [0.4, 0.5) is 0 Å². The van der Waals surface area contributed by atoms with Crippen molar-refractivity contribution in [3.63, 3.8) is 0 Å². The molecule has 1 aliphatic rings. The first-order valence-electron chi connectivity index (χ1n) is 3.85. The molecule has 58 valence electrons. The summed E-state index contributed by atoms with van der Waals surface area (Å²) in [4.78, 5) is 2.35. The maximum atomic E-state index is 3.72. The van der Waals surface area contributed by atoms with Gasteiger partial charge < -0.3 is 10.2 Å². The highest BCUT2D eigenvalue weighted by atomic mass is 15.2. The van der Waals surface area contributed by atoms with Gasteiger partial charge >= 0.3 is 0 Å². The van der Waals surface area contributed by atoms with Crippen molar-refractivity contribution in [2.24, 2.45) is 0 Å². The molecule has 0 spiro atoms. The number of hydrogen-bond acceptors (Lipinski definition) is 2. The average Bonchev–Trinajstić information content (AvgIpc) is 1.88. The standard InChI is InChI=1S/C8H16N2/c1-3-4-8-7-10(2)6-5-9-8/h3,8-9H,1,4-7H2,2H3. The summed E-state index contributed by atoms with van der Waals surface area (Å²) in [6, 6.07) is 0.635. The third kappa shape index (κ3) is 2.12. The summed E-state index contributed by atoms with van der Waals surface area (Å²) in [6.07, 6.45) is 3.07. The van der Waals surface area contributed by atoms with Crippen molar-refractivity contribution in [1.29, 1.82) is 0 Å². The fraction of sp³-hybridized carbons (Fsp3) is 0.750. The number of piperazine rings is 1. The smallest absolute Gasteiger partial charge is 0.0229 e. The van der Waals surface area contributed by atoms with Gasteiger partial charge in [-0.25, -0.2) is 0 Å². The minimum atomic E-state index is 0.635. The molecule has 0 aliphatic carbocycles. The second-order valence-corrected chi connectivity index (χ2v) is 2.94. The molecule has 0 aromatic heterocycles. The molecule has 1 heterocycles. The number of rotatable bonds is 2. The molecule has 1 fully saturated rings. The summed E-state index contributed by atoms with van der Waals surface area (Å²) in [7, 11) is 2.16. The minimum absolute atomic E-state index is 0.635. The topological polar surface area (TPSA) is 15.3 Å². The molecule has 0 bridgehead atoms. The number of nitrogens with zero attached hydrogens (tertiary/aromatic N) is 1. The lowest BCUT2D eigenvalue weighted by Gasteiger charge is -2.30. The second-order valence-electron chi connectivity index (χ2n) is 2.94. The Hall–Kier alpha value is -0.340. The quantitative estimate of drug-likeness (QED) is 0.561. The third-order valence-corrected chi connectivity index (χ3v) is 1.91. The summed E-state index contributed by atoms with van der Waals surface area (Å²) >= 11 is 0. The molecule has 2 heteroatoms. The summed E-state index contributed by atoms with van der Waals surface area (Å²) in [5.74, 6) is 0. The largest absolute Gasteiger partial charge is 0.311 e. The van der Waals surface area contributed by atoms with E-state index in [1.807, 2.05) is 6.08 Å². The molecule has 1 unspecified atom stereocenters. The van der Waals surface area contributed by atoms with Crippen molar-refractivity contribution in [1.82, 2.24) is 10.2 Å². The Morgan fingerprint density at radius 3 is 3.20 bits per heavy atom. The molecule has 10 heavy (non-hydrogen) atoms. The lowest BCUT2D eigenvalue weighted by Crippen LogP contribution is -2.48. The SMILES string of the molecule is C=CCC1CN(C)CCN1. The number of likely N-dealkylation sites (N-methyl/N-ethyl adjacent to an activating group) is 1. The van der Waals surface area contributed by atoms with Crippen LogP contribution < -0.4 is 5.32 Å². The van der Waals surface area contributed by atoms with Crippen molar-refractivity contribution in [2.75, 3.05) is 26.7 Å². The zero-order chi connectivity index (χ0) is 7.40. The maximum absolute atomic E-state index is 3.72. The summed E-state index contributed by atoms with van der Waals surface area (Å²) in [6.45, 7) is 7.17.